The van der Waals surface area contributed by atoms with Gasteiger partial charge in [0.25, 0.3) is 0 Å². The first-order chi connectivity index (χ1) is 9.82. The third kappa shape index (κ3) is 3.01. The summed E-state index contributed by atoms with van der Waals surface area (Å²) < 4.78 is 0. The number of likely N-dealkylation sites (tertiary alicyclic amines) is 2. The lowest BCUT2D eigenvalue weighted by atomic mass is 9.83. The van der Waals surface area contributed by atoms with Gasteiger partial charge in [-0.15, -0.1) is 0 Å². The lowest BCUT2D eigenvalue weighted by Crippen LogP contribution is -2.58. The van der Waals surface area contributed by atoms with E-state index in [4.69, 9.17) is 0 Å². The Balaban J connectivity index is 2.12. The normalized spacial score (nSPS) is 28.7. The number of carbonyl (C=O) groups excluding carboxylic acids is 1. The van der Waals surface area contributed by atoms with Gasteiger partial charge >= 0.3 is 12.0 Å². The van der Waals surface area contributed by atoms with Crippen molar-refractivity contribution in [1.29, 1.82) is 0 Å². The van der Waals surface area contributed by atoms with Crippen LogP contribution in [0.5, 0.6) is 0 Å². The van der Waals surface area contributed by atoms with Crippen molar-refractivity contribution >= 4 is 12.0 Å². The summed E-state index contributed by atoms with van der Waals surface area (Å²) in [6, 6.07) is -0.0705. The molecule has 1 atom stereocenters. The molecule has 1 N–H and O–H groups in total. The predicted octanol–water partition coefficient (Wildman–Crippen LogP) is 2.95. The molecular weight excluding hydrogens is 268 g/mol. The molecule has 2 aliphatic heterocycles. The fraction of sp³-hybridized carbons (Fsp3) is 0.875. The number of carboxylic acid groups (broad SMARTS) is 1. The van der Waals surface area contributed by atoms with E-state index in [9.17, 15) is 14.7 Å². The highest BCUT2D eigenvalue weighted by atomic mass is 16.4. The summed E-state index contributed by atoms with van der Waals surface area (Å²) in [6.45, 7) is 8.49. The molecule has 21 heavy (non-hydrogen) atoms. The summed E-state index contributed by atoms with van der Waals surface area (Å²) >= 11 is 0. The molecule has 0 aromatic heterocycles. The highest BCUT2D eigenvalue weighted by molar-refractivity contribution is 5.87. The Morgan fingerprint density at radius 2 is 1.71 bits per heavy atom. The summed E-state index contributed by atoms with van der Waals surface area (Å²) in [5, 5.41) is 9.68. The summed E-state index contributed by atoms with van der Waals surface area (Å²) in [7, 11) is 0. The van der Waals surface area contributed by atoms with Crippen LogP contribution in [-0.4, -0.2) is 52.1 Å². The number of piperidine rings is 1. The molecule has 0 aliphatic carbocycles. The van der Waals surface area contributed by atoms with Crippen LogP contribution in [-0.2, 0) is 4.79 Å². The maximum atomic E-state index is 12.8. The van der Waals surface area contributed by atoms with Crippen molar-refractivity contribution in [2.24, 2.45) is 5.41 Å². The SMILES string of the molecule is CCCC1(C(=O)O)CCCN1C(=O)N1CCC(C)(C)CC1. The van der Waals surface area contributed by atoms with Crippen LogP contribution in [0.15, 0.2) is 0 Å². The van der Waals surface area contributed by atoms with Gasteiger partial charge in [0.15, 0.2) is 0 Å². The highest BCUT2D eigenvalue weighted by Gasteiger charge is 2.50. The minimum absolute atomic E-state index is 0.0705. The summed E-state index contributed by atoms with van der Waals surface area (Å²) in [5.41, 5.74) is -0.687. The van der Waals surface area contributed by atoms with E-state index in [0.717, 1.165) is 38.8 Å². The van der Waals surface area contributed by atoms with E-state index in [0.29, 0.717) is 19.4 Å². The molecule has 5 nitrogen and oxygen atoms in total. The molecule has 0 bridgehead atoms. The van der Waals surface area contributed by atoms with Crippen molar-refractivity contribution in [3.8, 4) is 0 Å². The first kappa shape index (κ1) is 16.1. The summed E-state index contributed by atoms with van der Waals surface area (Å²) in [5.74, 6) is -0.840. The van der Waals surface area contributed by atoms with Gasteiger partial charge in [-0.2, -0.15) is 0 Å². The van der Waals surface area contributed by atoms with Gasteiger partial charge in [-0.25, -0.2) is 9.59 Å². The smallest absolute Gasteiger partial charge is 0.329 e. The van der Waals surface area contributed by atoms with E-state index in [1.54, 1.807) is 4.90 Å². The monoisotopic (exact) mass is 296 g/mol. The van der Waals surface area contributed by atoms with E-state index in [1.807, 2.05) is 11.8 Å². The predicted molar refractivity (Wildman–Crippen MR) is 81.2 cm³/mol. The Bertz CT molecular complexity index is 412. The summed E-state index contributed by atoms with van der Waals surface area (Å²) in [6.07, 6.45) is 4.68. The molecule has 0 saturated carbocycles. The number of amides is 2. The van der Waals surface area contributed by atoms with E-state index in [2.05, 4.69) is 13.8 Å². The van der Waals surface area contributed by atoms with Crippen LogP contribution in [0.4, 0.5) is 4.79 Å². The zero-order valence-electron chi connectivity index (χ0n) is 13.5. The number of nitrogens with zero attached hydrogens (tertiary/aromatic N) is 2. The Hall–Kier alpha value is -1.26. The molecule has 2 aliphatic rings. The minimum Gasteiger partial charge on any atom is -0.479 e. The Labute approximate surface area is 127 Å². The highest BCUT2D eigenvalue weighted by Crippen LogP contribution is 2.36. The van der Waals surface area contributed by atoms with Gasteiger partial charge in [0.05, 0.1) is 0 Å². The first-order valence-corrected chi connectivity index (χ1v) is 8.12. The molecule has 0 spiro atoms. The molecule has 0 radical (unpaired) electrons. The number of hydrogen-bond acceptors (Lipinski definition) is 2. The number of hydrogen-bond donors (Lipinski definition) is 1. The Morgan fingerprint density at radius 1 is 1.10 bits per heavy atom. The van der Waals surface area contributed by atoms with Crippen molar-refractivity contribution in [1.82, 2.24) is 9.80 Å². The number of aliphatic carboxylic acids is 1. The van der Waals surface area contributed by atoms with E-state index < -0.39 is 11.5 Å². The lowest BCUT2D eigenvalue weighted by Gasteiger charge is -2.42. The van der Waals surface area contributed by atoms with Crippen molar-refractivity contribution in [3.05, 3.63) is 0 Å². The van der Waals surface area contributed by atoms with Crippen LogP contribution in [0.25, 0.3) is 0 Å². The number of urea groups is 1. The fourth-order valence-electron chi connectivity index (χ4n) is 3.63. The molecule has 2 heterocycles. The fourth-order valence-corrected chi connectivity index (χ4v) is 3.63. The quantitative estimate of drug-likeness (QED) is 0.871. The molecule has 2 rings (SSSR count). The molecule has 5 heteroatoms. The van der Waals surface area contributed by atoms with E-state index in [1.165, 1.54) is 0 Å². The second-order valence-electron chi connectivity index (χ2n) is 7.28. The number of rotatable bonds is 3. The lowest BCUT2D eigenvalue weighted by molar-refractivity contribution is -0.149. The Morgan fingerprint density at radius 3 is 2.24 bits per heavy atom. The molecular formula is C16H28N2O3. The van der Waals surface area contributed by atoms with Gasteiger partial charge in [0, 0.05) is 19.6 Å². The van der Waals surface area contributed by atoms with Crippen LogP contribution >= 0.6 is 0 Å². The van der Waals surface area contributed by atoms with Crippen LogP contribution in [0.2, 0.25) is 0 Å². The van der Waals surface area contributed by atoms with Crippen LogP contribution < -0.4 is 0 Å². The largest absolute Gasteiger partial charge is 0.479 e. The average Bonchev–Trinajstić information content (AvgIpc) is 2.83. The molecule has 2 fully saturated rings. The number of carbonyl (C=O) groups is 2. The minimum atomic E-state index is -0.973. The van der Waals surface area contributed by atoms with Gasteiger partial charge in [-0.3, -0.25) is 0 Å². The van der Waals surface area contributed by atoms with Crippen molar-refractivity contribution < 1.29 is 14.7 Å². The van der Waals surface area contributed by atoms with Crippen LogP contribution in [0, 0.1) is 5.41 Å². The molecule has 0 aromatic rings. The van der Waals surface area contributed by atoms with Crippen molar-refractivity contribution in [3.63, 3.8) is 0 Å². The molecule has 1 unspecified atom stereocenters. The van der Waals surface area contributed by atoms with E-state index >= 15 is 0 Å². The first-order valence-electron chi connectivity index (χ1n) is 8.12. The topological polar surface area (TPSA) is 60.9 Å². The molecule has 2 saturated heterocycles. The third-order valence-electron chi connectivity index (χ3n) is 5.17. The standard InChI is InChI=1S/C16H28N2O3/c1-4-6-16(13(19)20)7-5-10-18(16)14(21)17-11-8-15(2,3)9-12-17/h4-12H2,1-3H3,(H,19,20). The third-order valence-corrected chi connectivity index (χ3v) is 5.17. The molecule has 0 aromatic carbocycles. The zero-order valence-corrected chi connectivity index (χ0v) is 13.5. The summed E-state index contributed by atoms with van der Waals surface area (Å²) in [4.78, 5) is 28.1. The molecule has 120 valence electrons. The van der Waals surface area contributed by atoms with Crippen molar-refractivity contribution in [2.45, 2.75) is 64.8 Å². The van der Waals surface area contributed by atoms with Crippen LogP contribution in [0.1, 0.15) is 59.3 Å². The van der Waals surface area contributed by atoms with E-state index in [-0.39, 0.29) is 11.4 Å². The number of carboxylic acids is 1. The van der Waals surface area contributed by atoms with Gasteiger partial charge in [-0.1, -0.05) is 27.2 Å². The molecule has 2 amide bonds. The van der Waals surface area contributed by atoms with Gasteiger partial charge in [0.2, 0.25) is 0 Å². The maximum absolute atomic E-state index is 12.8. The van der Waals surface area contributed by atoms with Crippen molar-refractivity contribution in [2.75, 3.05) is 19.6 Å². The van der Waals surface area contributed by atoms with Gasteiger partial charge in [-0.05, 0) is 37.5 Å². The maximum Gasteiger partial charge on any atom is 0.329 e. The second kappa shape index (κ2) is 5.85. The van der Waals surface area contributed by atoms with Gasteiger partial charge < -0.3 is 14.9 Å². The second-order valence-corrected chi connectivity index (χ2v) is 7.28. The Kier molecular flexibility index (Phi) is 4.49. The van der Waals surface area contributed by atoms with Crippen LogP contribution in [0.3, 0.4) is 0 Å². The van der Waals surface area contributed by atoms with Gasteiger partial charge in [0.1, 0.15) is 5.54 Å². The average molecular weight is 296 g/mol. The zero-order chi connectivity index (χ0) is 15.7.